The number of imidazole rings is 1. The van der Waals surface area contributed by atoms with Crippen LogP contribution in [0.5, 0.6) is 0 Å². The lowest BCUT2D eigenvalue weighted by Gasteiger charge is -2.04. The third kappa shape index (κ3) is 1.11. The molecule has 0 aliphatic rings. The lowest BCUT2D eigenvalue weighted by molar-refractivity contribution is -0.146. The van der Waals surface area contributed by atoms with Crippen LogP contribution in [0.4, 0.5) is 24.8 Å². The Kier molecular flexibility index (Phi) is 1.55. The molecule has 8 heteroatoms. The van der Waals surface area contributed by atoms with Crippen molar-refractivity contribution in [3.63, 3.8) is 0 Å². The minimum Gasteiger partial charge on any atom is -0.381 e. The maximum absolute atomic E-state index is 12.0. The molecule has 0 aliphatic heterocycles. The summed E-state index contributed by atoms with van der Waals surface area (Å²) in [6, 6.07) is 0. The van der Waals surface area contributed by atoms with Crippen LogP contribution in [-0.4, -0.2) is 9.66 Å². The van der Waals surface area contributed by atoms with Crippen LogP contribution >= 0.6 is 0 Å². The summed E-state index contributed by atoms with van der Waals surface area (Å²) in [6.45, 7) is 0. The summed E-state index contributed by atoms with van der Waals surface area (Å²) >= 11 is 0. The van der Waals surface area contributed by atoms with Crippen LogP contribution in [0.25, 0.3) is 0 Å². The van der Waals surface area contributed by atoms with Gasteiger partial charge in [-0.25, -0.2) is 9.66 Å². The number of hydrogen-bond acceptors (Lipinski definition) is 4. The fourth-order valence-corrected chi connectivity index (χ4v) is 0.663. The van der Waals surface area contributed by atoms with E-state index in [1.165, 1.54) is 0 Å². The molecule has 68 valence electrons. The SMILES string of the molecule is Nc1nc(C(F)(F)F)n(N)c1N. The average Bonchev–Trinajstić information content (AvgIpc) is 2.15. The summed E-state index contributed by atoms with van der Waals surface area (Å²) in [4.78, 5) is 2.95. The number of aromatic nitrogens is 2. The lowest BCUT2D eigenvalue weighted by atomic mass is 10.6. The second-order valence-corrected chi connectivity index (χ2v) is 2.07. The van der Waals surface area contributed by atoms with Crippen LogP contribution in [-0.2, 0) is 6.18 Å². The number of alkyl halides is 3. The minimum atomic E-state index is -4.64. The van der Waals surface area contributed by atoms with Gasteiger partial charge in [-0.3, -0.25) is 0 Å². The third-order valence-electron chi connectivity index (χ3n) is 1.23. The van der Waals surface area contributed by atoms with E-state index in [1.54, 1.807) is 0 Å². The van der Waals surface area contributed by atoms with Gasteiger partial charge < -0.3 is 17.3 Å². The number of nitrogen functional groups attached to an aromatic ring is 3. The number of hydrogen-bond donors (Lipinski definition) is 3. The zero-order valence-electron chi connectivity index (χ0n) is 5.76. The molecule has 0 amide bonds. The van der Waals surface area contributed by atoms with Gasteiger partial charge >= 0.3 is 6.18 Å². The topological polar surface area (TPSA) is 95.9 Å². The van der Waals surface area contributed by atoms with Crippen molar-refractivity contribution in [2.75, 3.05) is 17.3 Å². The van der Waals surface area contributed by atoms with E-state index in [0.717, 1.165) is 0 Å². The summed E-state index contributed by atoms with van der Waals surface area (Å²) in [5.74, 6) is 2.78. The Balaban J connectivity index is 3.28. The van der Waals surface area contributed by atoms with Crippen molar-refractivity contribution in [1.82, 2.24) is 9.66 Å². The zero-order valence-corrected chi connectivity index (χ0v) is 5.76. The summed E-state index contributed by atoms with van der Waals surface area (Å²) in [6.07, 6.45) is -4.64. The molecule has 0 unspecified atom stereocenters. The van der Waals surface area contributed by atoms with Crippen LogP contribution in [0.1, 0.15) is 5.82 Å². The predicted molar refractivity (Wildman–Crippen MR) is 36.2 cm³/mol. The molecule has 1 aromatic rings. The second kappa shape index (κ2) is 2.19. The van der Waals surface area contributed by atoms with E-state index >= 15 is 0 Å². The predicted octanol–water partition coefficient (Wildman–Crippen LogP) is -0.220. The van der Waals surface area contributed by atoms with E-state index in [4.69, 9.17) is 17.3 Å². The molecule has 12 heavy (non-hydrogen) atoms. The Morgan fingerprint density at radius 3 is 1.92 bits per heavy atom. The molecule has 0 bridgehead atoms. The maximum atomic E-state index is 12.0. The van der Waals surface area contributed by atoms with E-state index in [9.17, 15) is 13.2 Å². The molecule has 0 radical (unpaired) electrons. The standard InChI is InChI=1S/C4H6F3N5/c5-4(6,7)3-11-1(8)2(9)12(3)10/h8-10H2. The van der Waals surface area contributed by atoms with E-state index in [-0.39, 0.29) is 4.68 Å². The first-order chi connectivity index (χ1) is 5.34. The van der Waals surface area contributed by atoms with Gasteiger partial charge in [0.25, 0.3) is 0 Å². The van der Waals surface area contributed by atoms with Crippen molar-refractivity contribution in [2.24, 2.45) is 0 Å². The summed E-state index contributed by atoms with van der Waals surface area (Å²) in [5.41, 5.74) is 10.1. The summed E-state index contributed by atoms with van der Waals surface area (Å²) in [7, 11) is 0. The molecule has 5 nitrogen and oxygen atoms in total. The van der Waals surface area contributed by atoms with Gasteiger partial charge in [0.05, 0.1) is 0 Å². The summed E-state index contributed by atoms with van der Waals surface area (Å²) in [5, 5.41) is 0. The van der Waals surface area contributed by atoms with E-state index in [1.807, 2.05) is 0 Å². The van der Waals surface area contributed by atoms with E-state index in [0.29, 0.717) is 0 Å². The van der Waals surface area contributed by atoms with Gasteiger partial charge in [-0.05, 0) is 0 Å². The van der Waals surface area contributed by atoms with Gasteiger partial charge in [0.1, 0.15) is 0 Å². The molecular weight excluding hydrogens is 175 g/mol. The molecule has 0 saturated carbocycles. The van der Waals surface area contributed by atoms with Crippen molar-refractivity contribution >= 4 is 11.6 Å². The van der Waals surface area contributed by atoms with Gasteiger partial charge in [-0.1, -0.05) is 0 Å². The molecule has 1 rings (SSSR count). The van der Waals surface area contributed by atoms with Crippen molar-refractivity contribution in [3.05, 3.63) is 5.82 Å². The number of rotatable bonds is 0. The van der Waals surface area contributed by atoms with Gasteiger partial charge in [-0.15, -0.1) is 0 Å². The number of nitrogens with zero attached hydrogens (tertiary/aromatic N) is 2. The Morgan fingerprint density at radius 2 is 1.75 bits per heavy atom. The van der Waals surface area contributed by atoms with Gasteiger partial charge in [0.2, 0.25) is 5.82 Å². The highest BCUT2D eigenvalue weighted by Gasteiger charge is 2.37. The number of anilines is 2. The Hall–Kier alpha value is -1.60. The number of nitrogens with two attached hydrogens (primary N) is 3. The molecule has 1 heterocycles. The quantitative estimate of drug-likeness (QED) is 0.482. The van der Waals surface area contributed by atoms with Crippen LogP contribution in [0.3, 0.4) is 0 Å². The van der Waals surface area contributed by atoms with E-state index in [2.05, 4.69) is 4.98 Å². The van der Waals surface area contributed by atoms with Crippen LogP contribution < -0.4 is 17.3 Å². The highest BCUT2D eigenvalue weighted by Crippen LogP contribution is 2.30. The van der Waals surface area contributed by atoms with Crippen molar-refractivity contribution in [3.8, 4) is 0 Å². The molecule has 0 saturated heterocycles. The first-order valence-corrected chi connectivity index (χ1v) is 2.80. The highest BCUT2D eigenvalue weighted by atomic mass is 19.4. The largest absolute Gasteiger partial charge is 0.451 e. The molecule has 0 aliphatic carbocycles. The fraction of sp³-hybridized carbons (Fsp3) is 0.250. The highest BCUT2D eigenvalue weighted by molar-refractivity contribution is 5.54. The fourth-order valence-electron chi connectivity index (χ4n) is 0.663. The Morgan fingerprint density at radius 1 is 1.25 bits per heavy atom. The van der Waals surface area contributed by atoms with Crippen molar-refractivity contribution in [2.45, 2.75) is 6.18 Å². The maximum Gasteiger partial charge on any atom is 0.451 e. The molecule has 1 aromatic heterocycles. The second-order valence-electron chi connectivity index (χ2n) is 2.07. The van der Waals surface area contributed by atoms with Crippen molar-refractivity contribution in [1.29, 1.82) is 0 Å². The number of halogens is 3. The first kappa shape index (κ1) is 8.50. The van der Waals surface area contributed by atoms with Gasteiger partial charge in [-0.2, -0.15) is 13.2 Å². The minimum absolute atomic E-state index is 0.204. The van der Waals surface area contributed by atoms with Gasteiger partial charge in [0, 0.05) is 0 Å². The third-order valence-corrected chi connectivity index (χ3v) is 1.23. The molecule has 6 N–H and O–H groups in total. The van der Waals surface area contributed by atoms with Crippen LogP contribution in [0.15, 0.2) is 0 Å². The summed E-state index contributed by atoms with van der Waals surface area (Å²) < 4.78 is 36.1. The normalized spacial score (nSPS) is 11.9. The molecule has 0 spiro atoms. The van der Waals surface area contributed by atoms with Crippen molar-refractivity contribution < 1.29 is 13.2 Å². The molecule has 0 atom stereocenters. The molecular formula is C4H6F3N5. The monoisotopic (exact) mass is 181 g/mol. The van der Waals surface area contributed by atoms with Crippen LogP contribution in [0, 0.1) is 0 Å². The Labute approximate surface area is 64.9 Å². The smallest absolute Gasteiger partial charge is 0.381 e. The average molecular weight is 181 g/mol. The first-order valence-electron chi connectivity index (χ1n) is 2.80. The zero-order chi connectivity index (χ0) is 9.52. The van der Waals surface area contributed by atoms with Gasteiger partial charge in [0.15, 0.2) is 11.6 Å². The molecule has 0 fully saturated rings. The lowest BCUT2D eigenvalue weighted by Crippen LogP contribution is -2.21. The van der Waals surface area contributed by atoms with E-state index < -0.39 is 23.6 Å². The molecule has 0 aromatic carbocycles. The Bertz CT molecular complexity index is 300. The van der Waals surface area contributed by atoms with Crippen LogP contribution in [0.2, 0.25) is 0 Å².